The lowest BCUT2D eigenvalue weighted by Crippen LogP contribution is -2.20. The Morgan fingerprint density at radius 3 is 2.55 bits per heavy atom. The van der Waals surface area contributed by atoms with Crippen molar-refractivity contribution in [1.29, 1.82) is 0 Å². The SMILES string of the molecule is CN(C)CCOCCNc1ccc(S(N)(=O)=O)c(N)c1. The Morgan fingerprint density at radius 1 is 1.30 bits per heavy atom. The van der Waals surface area contributed by atoms with Crippen molar-refractivity contribution in [2.24, 2.45) is 5.14 Å². The van der Waals surface area contributed by atoms with Crippen molar-refractivity contribution in [1.82, 2.24) is 4.90 Å². The third-order valence-electron chi connectivity index (χ3n) is 2.57. The van der Waals surface area contributed by atoms with Crippen molar-refractivity contribution in [3.8, 4) is 0 Å². The van der Waals surface area contributed by atoms with Crippen LogP contribution in [0.1, 0.15) is 0 Å². The third-order valence-corrected chi connectivity index (χ3v) is 3.56. The van der Waals surface area contributed by atoms with E-state index >= 15 is 0 Å². The minimum atomic E-state index is -3.77. The van der Waals surface area contributed by atoms with Gasteiger partial charge in [0.1, 0.15) is 4.90 Å². The van der Waals surface area contributed by atoms with Gasteiger partial charge in [-0.05, 0) is 32.3 Å². The van der Waals surface area contributed by atoms with E-state index in [1.165, 1.54) is 6.07 Å². The van der Waals surface area contributed by atoms with Gasteiger partial charge in [-0.2, -0.15) is 0 Å². The lowest BCUT2D eigenvalue weighted by atomic mass is 10.3. The van der Waals surface area contributed by atoms with Crippen molar-refractivity contribution >= 4 is 21.4 Å². The monoisotopic (exact) mass is 302 g/mol. The van der Waals surface area contributed by atoms with E-state index in [2.05, 4.69) is 5.32 Å². The van der Waals surface area contributed by atoms with Gasteiger partial charge in [-0.25, -0.2) is 13.6 Å². The first kappa shape index (κ1) is 16.7. The summed E-state index contributed by atoms with van der Waals surface area (Å²) in [6.07, 6.45) is 0. The largest absolute Gasteiger partial charge is 0.398 e. The number of likely N-dealkylation sites (N-methyl/N-ethyl adjacent to an activating group) is 1. The van der Waals surface area contributed by atoms with Crippen molar-refractivity contribution in [3.05, 3.63) is 18.2 Å². The number of nitrogens with one attached hydrogen (secondary N) is 1. The summed E-state index contributed by atoms with van der Waals surface area (Å²) >= 11 is 0. The number of anilines is 2. The summed E-state index contributed by atoms with van der Waals surface area (Å²) in [5.74, 6) is 0. The van der Waals surface area contributed by atoms with Crippen molar-refractivity contribution in [2.45, 2.75) is 4.90 Å². The summed E-state index contributed by atoms with van der Waals surface area (Å²) in [6, 6.07) is 4.55. The van der Waals surface area contributed by atoms with E-state index in [0.29, 0.717) is 19.8 Å². The number of nitrogen functional groups attached to an aromatic ring is 1. The van der Waals surface area contributed by atoms with E-state index in [-0.39, 0.29) is 10.6 Å². The van der Waals surface area contributed by atoms with Crippen LogP contribution >= 0.6 is 0 Å². The van der Waals surface area contributed by atoms with Crippen LogP contribution in [0.25, 0.3) is 0 Å². The summed E-state index contributed by atoms with van der Waals surface area (Å²) in [7, 11) is 0.194. The zero-order chi connectivity index (χ0) is 15.2. The van der Waals surface area contributed by atoms with Gasteiger partial charge in [-0.1, -0.05) is 0 Å². The molecule has 7 nitrogen and oxygen atoms in total. The first-order valence-corrected chi connectivity index (χ1v) is 7.74. The van der Waals surface area contributed by atoms with E-state index in [9.17, 15) is 8.42 Å². The highest BCUT2D eigenvalue weighted by atomic mass is 32.2. The van der Waals surface area contributed by atoms with E-state index in [1.54, 1.807) is 12.1 Å². The quantitative estimate of drug-likeness (QED) is 0.457. The van der Waals surface area contributed by atoms with Crippen LogP contribution in [0.5, 0.6) is 0 Å². The summed E-state index contributed by atoms with van der Waals surface area (Å²) < 4.78 is 27.8. The molecule has 0 amide bonds. The van der Waals surface area contributed by atoms with Gasteiger partial charge in [0.15, 0.2) is 0 Å². The normalized spacial score (nSPS) is 11.8. The average Bonchev–Trinajstić information content (AvgIpc) is 2.31. The molecule has 1 aromatic carbocycles. The molecule has 1 rings (SSSR count). The molecule has 0 bridgehead atoms. The molecular weight excluding hydrogens is 280 g/mol. The zero-order valence-electron chi connectivity index (χ0n) is 11.8. The van der Waals surface area contributed by atoms with E-state index in [4.69, 9.17) is 15.6 Å². The maximum atomic E-state index is 11.2. The first-order valence-electron chi connectivity index (χ1n) is 6.19. The summed E-state index contributed by atoms with van der Waals surface area (Å²) in [6.45, 7) is 2.71. The van der Waals surface area contributed by atoms with Gasteiger partial charge in [-0.3, -0.25) is 0 Å². The lowest BCUT2D eigenvalue weighted by Gasteiger charge is -2.11. The fraction of sp³-hybridized carbons (Fsp3) is 0.500. The molecule has 114 valence electrons. The second-order valence-electron chi connectivity index (χ2n) is 4.64. The van der Waals surface area contributed by atoms with Gasteiger partial charge in [0, 0.05) is 18.8 Å². The van der Waals surface area contributed by atoms with Gasteiger partial charge in [0.05, 0.1) is 18.9 Å². The molecule has 0 aliphatic heterocycles. The maximum Gasteiger partial charge on any atom is 0.240 e. The van der Waals surface area contributed by atoms with Crippen LogP contribution in [0.2, 0.25) is 0 Å². The number of primary sulfonamides is 1. The van der Waals surface area contributed by atoms with Crippen molar-refractivity contribution in [2.75, 3.05) is 51.4 Å². The molecule has 0 atom stereocenters. The molecule has 0 aliphatic rings. The molecule has 1 aromatic rings. The molecule has 0 heterocycles. The molecule has 5 N–H and O–H groups in total. The topological polar surface area (TPSA) is 111 Å². The van der Waals surface area contributed by atoms with E-state index < -0.39 is 10.0 Å². The van der Waals surface area contributed by atoms with Gasteiger partial charge in [0.2, 0.25) is 10.0 Å². The Hall–Kier alpha value is -1.35. The molecule has 0 saturated carbocycles. The number of hydrogen-bond acceptors (Lipinski definition) is 6. The molecule has 0 aromatic heterocycles. The lowest BCUT2D eigenvalue weighted by molar-refractivity contribution is 0.126. The van der Waals surface area contributed by atoms with Crippen molar-refractivity contribution < 1.29 is 13.2 Å². The summed E-state index contributed by atoms with van der Waals surface area (Å²) in [5, 5.41) is 8.13. The summed E-state index contributed by atoms with van der Waals surface area (Å²) in [5.41, 5.74) is 6.52. The number of ether oxygens (including phenoxy) is 1. The number of nitrogens with two attached hydrogens (primary N) is 2. The second kappa shape index (κ2) is 7.44. The highest BCUT2D eigenvalue weighted by Crippen LogP contribution is 2.21. The highest BCUT2D eigenvalue weighted by molar-refractivity contribution is 7.89. The molecule has 8 heteroatoms. The average molecular weight is 302 g/mol. The molecule has 20 heavy (non-hydrogen) atoms. The number of benzene rings is 1. The van der Waals surface area contributed by atoms with Gasteiger partial charge < -0.3 is 20.7 Å². The standard InChI is InChI=1S/C12H22N4O3S/c1-16(2)6-8-19-7-5-15-10-3-4-12(11(13)9-10)20(14,17)18/h3-4,9,15H,5-8,13H2,1-2H3,(H2,14,17,18). The predicted molar refractivity (Wildman–Crippen MR) is 80.1 cm³/mol. The predicted octanol–water partition coefficient (Wildman–Crippen LogP) is -0.0937. The number of nitrogens with zero attached hydrogens (tertiary/aromatic N) is 1. The number of sulfonamides is 1. The maximum absolute atomic E-state index is 11.2. The molecule has 0 radical (unpaired) electrons. The van der Waals surface area contributed by atoms with Crippen LogP contribution in [0.15, 0.2) is 23.1 Å². The number of hydrogen-bond donors (Lipinski definition) is 3. The Morgan fingerprint density at radius 2 is 2.00 bits per heavy atom. The van der Waals surface area contributed by atoms with Crippen LogP contribution in [0, 0.1) is 0 Å². The van der Waals surface area contributed by atoms with Gasteiger partial charge in [0.25, 0.3) is 0 Å². The molecule has 0 saturated heterocycles. The van der Waals surface area contributed by atoms with Gasteiger partial charge >= 0.3 is 0 Å². The minimum absolute atomic E-state index is 0.0646. The van der Waals surface area contributed by atoms with Crippen molar-refractivity contribution in [3.63, 3.8) is 0 Å². The Kier molecular flexibility index (Phi) is 6.21. The fourth-order valence-corrected chi connectivity index (χ4v) is 2.18. The molecule has 0 aliphatic carbocycles. The highest BCUT2D eigenvalue weighted by Gasteiger charge is 2.11. The molecule has 0 spiro atoms. The van der Waals surface area contributed by atoms with E-state index in [1.807, 2.05) is 19.0 Å². The Labute approximate surface area is 119 Å². The first-order chi connectivity index (χ1) is 9.30. The Balaban J connectivity index is 2.41. The van der Waals surface area contributed by atoms with Crippen LogP contribution in [0.3, 0.4) is 0 Å². The molecule has 0 unspecified atom stereocenters. The van der Waals surface area contributed by atoms with Crippen LogP contribution in [-0.4, -0.2) is 53.7 Å². The van der Waals surface area contributed by atoms with Crippen LogP contribution in [-0.2, 0) is 14.8 Å². The second-order valence-corrected chi connectivity index (χ2v) is 6.17. The molecule has 0 fully saturated rings. The third kappa shape index (κ3) is 5.74. The summed E-state index contributed by atoms with van der Waals surface area (Å²) in [4.78, 5) is 1.98. The van der Waals surface area contributed by atoms with Crippen LogP contribution < -0.4 is 16.2 Å². The van der Waals surface area contributed by atoms with Crippen LogP contribution in [0.4, 0.5) is 11.4 Å². The van der Waals surface area contributed by atoms with Gasteiger partial charge in [-0.15, -0.1) is 0 Å². The molecular formula is C12H22N4O3S. The number of rotatable bonds is 8. The smallest absolute Gasteiger partial charge is 0.240 e. The zero-order valence-corrected chi connectivity index (χ0v) is 12.6. The van der Waals surface area contributed by atoms with E-state index in [0.717, 1.165) is 12.2 Å². The minimum Gasteiger partial charge on any atom is -0.398 e. The Bertz CT molecular complexity index is 532. The fourth-order valence-electron chi connectivity index (χ4n) is 1.53.